The number of hydrogen-bond donors (Lipinski definition) is 1. The van der Waals surface area contributed by atoms with Gasteiger partial charge in [0.1, 0.15) is 5.82 Å². The largest absolute Gasteiger partial charge is 0.380 e. The molecule has 1 aliphatic rings. The lowest BCUT2D eigenvalue weighted by Gasteiger charge is -2.23. The Bertz CT molecular complexity index is 378. The van der Waals surface area contributed by atoms with E-state index in [9.17, 15) is 4.39 Å². The van der Waals surface area contributed by atoms with Gasteiger partial charge in [0.25, 0.3) is 0 Å². The maximum atomic E-state index is 13.1. The van der Waals surface area contributed by atoms with Crippen LogP contribution in [0.15, 0.2) is 12.1 Å². The molecule has 0 bridgehead atoms. The third-order valence-corrected chi connectivity index (χ3v) is 4.06. The fraction of sp³-hybridized carbons (Fsp3) is 0.571. The Labute approximate surface area is 118 Å². The van der Waals surface area contributed by atoms with Crippen molar-refractivity contribution in [3.63, 3.8) is 0 Å². The van der Waals surface area contributed by atoms with Gasteiger partial charge in [-0.2, -0.15) is 0 Å². The minimum atomic E-state index is -0.395. The fourth-order valence-corrected chi connectivity index (χ4v) is 3.05. The lowest BCUT2D eigenvalue weighted by Crippen LogP contribution is -2.21. The summed E-state index contributed by atoms with van der Waals surface area (Å²) < 4.78 is 13.1. The summed E-state index contributed by atoms with van der Waals surface area (Å²) >= 11 is 12.1. The number of benzene rings is 1. The molecular weight excluding hydrogens is 272 g/mol. The van der Waals surface area contributed by atoms with Crippen LogP contribution in [0.25, 0.3) is 0 Å². The van der Waals surface area contributed by atoms with Crippen LogP contribution in [-0.2, 0) is 0 Å². The van der Waals surface area contributed by atoms with Crippen LogP contribution in [0.1, 0.15) is 44.9 Å². The van der Waals surface area contributed by atoms with Gasteiger partial charge in [0.05, 0.1) is 15.7 Å². The van der Waals surface area contributed by atoms with Crippen LogP contribution in [0.2, 0.25) is 10.0 Å². The summed E-state index contributed by atoms with van der Waals surface area (Å²) in [6, 6.07) is 3.00. The molecule has 1 aromatic carbocycles. The first-order chi connectivity index (χ1) is 8.66. The van der Waals surface area contributed by atoms with E-state index in [1.807, 2.05) is 0 Å². The van der Waals surface area contributed by atoms with Gasteiger partial charge in [0.2, 0.25) is 0 Å². The predicted octanol–water partition coefficient (Wildman–Crippen LogP) is 5.66. The molecule has 1 aliphatic carbocycles. The van der Waals surface area contributed by atoms with Gasteiger partial charge in [-0.05, 0) is 25.0 Å². The third-order valence-electron chi connectivity index (χ3n) is 3.46. The molecule has 18 heavy (non-hydrogen) atoms. The van der Waals surface area contributed by atoms with Crippen LogP contribution in [0.5, 0.6) is 0 Å². The number of halogens is 3. The number of nitrogens with one attached hydrogen (secondary N) is 1. The Morgan fingerprint density at radius 2 is 1.44 bits per heavy atom. The van der Waals surface area contributed by atoms with E-state index < -0.39 is 5.82 Å². The van der Waals surface area contributed by atoms with E-state index >= 15 is 0 Å². The molecule has 100 valence electrons. The van der Waals surface area contributed by atoms with Crippen LogP contribution in [0.4, 0.5) is 10.1 Å². The van der Waals surface area contributed by atoms with Gasteiger partial charge in [-0.1, -0.05) is 55.3 Å². The van der Waals surface area contributed by atoms with Crippen molar-refractivity contribution in [2.75, 3.05) is 5.32 Å². The summed E-state index contributed by atoms with van der Waals surface area (Å²) in [6.45, 7) is 0. The average Bonchev–Trinajstić information content (AvgIpc) is 2.25. The molecule has 1 saturated carbocycles. The Morgan fingerprint density at radius 1 is 0.944 bits per heavy atom. The van der Waals surface area contributed by atoms with Crippen molar-refractivity contribution < 1.29 is 4.39 Å². The SMILES string of the molecule is Fc1cc(Cl)c(NC2CCCCCCC2)c(Cl)c1. The highest BCUT2D eigenvalue weighted by Crippen LogP contribution is 2.33. The second kappa shape index (κ2) is 6.63. The van der Waals surface area contributed by atoms with E-state index in [0.29, 0.717) is 21.8 Å². The van der Waals surface area contributed by atoms with E-state index in [2.05, 4.69) is 5.32 Å². The van der Waals surface area contributed by atoms with Crippen LogP contribution < -0.4 is 5.32 Å². The van der Waals surface area contributed by atoms with Crippen LogP contribution in [0, 0.1) is 5.82 Å². The summed E-state index contributed by atoms with van der Waals surface area (Å²) in [6.07, 6.45) is 8.65. The molecule has 0 heterocycles. The van der Waals surface area contributed by atoms with Gasteiger partial charge in [0.15, 0.2) is 0 Å². The molecule has 0 saturated heterocycles. The second-order valence-corrected chi connectivity index (χ2v) is 5.75. The van der Waals surface area contributed by atoms with Gasteiger partial charge in [-0.3, -0.25) is 0 Å². The smallest absolute Gasteiger partial charge is 0.126 e. The Kier molecular flexibility index (Phi) is 5.13. The fourth-order valence-electron chi connectivity index (χ4n) is 2.48. The zero-order valence-electron chi connectivity index (χ0n) is 10.3. The standard InChI is InChI=1S/C14H18Cl2FN/c15-12-8-10(17)9-13(16)14(12)18-11-6-4-2-1-3-5-7-11/h8-9,11,18H,1-7H2. The molecule has 1 N–H and O–H groups in total. The molecule has 0 aliphatic heterocycles. The molecule has 4 heteroatoms. The molecule has 0 radical (unpaired) electrons. The quantitative estimate of drug-likeness (QED) is 0.741. The Hall–Kier alpha value is -0.470. The van der Waals surface area contributed by atoms with Crippen molar-refractivity contribution >= 4 is 28.9 Å². The lowest BCUT2D eigenvalue weighted by molar-refractivity contribution is 0.471. The summed E-state index contributed by atoms with van der Waals surface area (Å²) in [7, 11) is 0. The van der Waals surface area contributed by atoms with Crippen LogP contribution in [0.3, 0.4) is 0 Å². The van der Waals surface area contributed by atoms with Gasteiger partial charge < -0.3 is 5.32 Å². The van der Waals surface area contributed by atoms with E-state index in [1.165, 1.54) is 44.2 Å². The third kappa shape index (κ3) is 3.76. The summed E-state index contributed by atoms with van der Waals surface area (Å²) in [5.41, 5.74) is 0.672. The highest BCUT2D eigenvalue weighted by atomic mass is 35.5. The highest BCUT2D eigenvalue weighted by molar-refractivity contribution is 6.39. The Balaban J connectivity index is 2.07. The van der Waals surface area contributed by atoms with Gasteiger partial charge >= 0.3 is 0 Å². The van der Waals surface area contributed by atoms with Crippen molar-refractivity contribution in [2.24, 2.45) is 0 Å². The topological polar surface area (TPSA) is 12.0 Å². The molecule has 1 aromatic rings. The predicted molar refractivity (Wildman–Crippen MR) is 76.1 cm³/mol. The van der Waals surface area contributed by atoms with E-state index in [0.717, 1.165) is 12.8 Å². The van der Waals surface area contributed by atoms with Crippen molar-refractivity contribution in [3.8, 4) is 0 Å². The molecule has 0 unspecified atom stereocenters. The van der Waals surface area contributed by atoms with Gasteiger partial charge in [-0.25, -0.2) is 4.39 Å². The first-order valence-electron chi connectivity index (χ1n) is 6.58. The maximum Gasteiger partial charge on any atom is 0.126 e. The van der Waals surface area contributed by atoms with Crippen molar-refractivity contribution in [2.45, 2.75) is 51.0 Å². The molecule has 1 nitrogen and oxygen atoms in total. The number of rotatable bonds is 2. The number of hydrogen-bond acceptors (Lipinski definition) is 1. The lowest BCUT2D eigenvalue weighted by atomic mass is 9.96. The van der Waals surface area contributed by atoms with Crippen molar-refractivity contribution in [1.82, 2.24) is 0 Å². The maximum absolute atomic E-state index is 13.1. The zero-order valence-corrected chi connectivity index (χ0v) is 11.8. The first-order valence-corrected chi connectivity index (χ1v) is 7.33. The van der Waals surface area contributed by atoms with Gasteiger partial charge in [-0.15, -0.1) is 0 Å². The van der Waals surface area contributed by atoms with Crippen LogP contribution >= 0.6 is 23.2 Å². The highest BCUT2D eigenvalue weighted by Gasteiger charge is 2.15. The average molecular weight is 290 g/mol. The molecule has 0 atom stereocenters. The van der Waals surface area contributed by atoms with E-state index in [4.69, 9.17) is 23.2 Å². The van der Waals surface area contributed by atoms with E-state index in [1.54, 1.807) is 0 Å². The van der Waals surface area contributed by atoms with Gasteiger partial charge in [0, 0.05) is 6.04 Å². The molecule has 0 aromatic heterocycles. The first kappa shape index (κ1) is 14.0. The molecular formula is C14H18Cl2FN. The van der Waals surface area contributed by atoms with Crippen molar-refractivity contribution in [1.29, 1.82) is 0 Å². The molecule has 1 fully saturated rings. The normalized spacial score (nSPS) is 18.2. The van der Waals surface area contributed by atoms with Crippen LogP contribution in [-0.4, -0.2) is 6.04 Å². The number of anilines is 1. The molecule has 0 amide bonds. The summed E-state index contributed by atoms with van der Waals surface area (Å²) in [5, 5.41) is 4.11. The second-order valence-electron chi connectivity index (χ2n) is 4.93. The minimum absolute atomic E-state index is 0.363. The Morgan fingerprint density at radius 3 is 2.00 bits per heavy atom. The minimum Gasteiger partial charge on any atom is -0.380 e. The monoisotopic (exact) mass is 289 g/mol. The summed E-state index contributed by atoms with van der Waals surface area (Å²) in [5.74, 6) is -0.395. The van der Waals surface area contributed by atoms with Crippen molar-refractivity contribution in [3.05, 3.63) is 28.0 Å². The zero-order chi connectivity index (χ0) is 13.0. The molecule has 0 spiro atoms. The summed E-state index contributed by atoms with van der Waals surface area (Å²) in [4.78, 5) is 0. The molecule has 2 rings (SSSR count). The van der Waals surface area contributed by atoms with E-state index in [-0.39, 0.29) is 0 Å².